The number of alkyl halides is 3. The topological polar surface area (TPSA) is 108 Å². The molecule has 0 unspecified atom stereocenters. The van der Waals surface area contributed by atoms with E-state index in [2.05, 4.69) is 15.0 Å². The Bertz CT molecular complexity index is 1060. The predicted octanol–water partition coefficient (Wildman–Crippen LogP) is 4.02. The van der Waals surface area contributed by atoms with Crippen molar-refractivity contribution < 1.29 is 33.0 Å². The molecule has 32 heavy (non-hydrogen) atoms. The monoisotopic (exact) mass is 483 g/mol. The maximum atomic E-state index is 12.8. The number of hydrogen-bond donors (Lipinski definition) is 2. The van der Waals surface area contributed by atoms with E-state index in [1.165, 1.54) is 55.6 Å². The predicted molar refractivity (Wildman–Crippen MR) is 117 cm³/mol. The van der Waals surface area contributed by atoms with E-state index in [1.54, 1.807) is 0 Å². The number of carbonyl (C=O) groups is 3. The van der Waals surface area contributed by atoms with E-state index in [9.17, 15) is 23.2 Å². The van der Waals surface area contributed by atoms with Crippen LogP contribution in [0.3, 0.4) is 0 Å². The van der Waals surface area contributed by atoms with Crippen molar-refractivity contribution in [1.82, 2.24) is 0 Å². The highest BCUT2D eigenvalue weighted by Gasteiger charge is 2.40. The van der Waals surface area contributed by atoms with E-state index in [0.717, 1.165) is 16.7 Å². The van der Waals surface area contributed by atoms with Gasteiger partial charge in [0.1, 0.15) is 11.0 Å². The number of rotatable bonds is 6. The Kier molecular flexibility index (Phi) is 6.99. The fraction of sp³-hybridized carbons (Fsp3) is 0.200. The van der Waals surface area contributed by atoms with Crippen LogP contribution < -0.4 is 15.0 Å². The number of ether oxygens (including phenoxy) is 1. The molecule has 0 bridgehead atoms. The van der Waals surface area contributed by atoms with Gasteiger partial charge in [0.15, 0.2) is 5.17 Å². The first-order valence-corrected chi connectivity index (χ1v) is 10.3. The molecule has 1 aliphatic rings. The average Bonchev–Trinajstić information content (AvgIpc) is 3.00. The highest BCUT2D eigenvalue weighted by molar-refractivity contribution is 8.15. The van der Waals surface area contributed by atoms with E-state index < -0.39 is 28.6 Å². The van der Waals surface area contributed by atoms with Crippen LogP contribution in [0.5, 0.6) is 5.75 Å². The second kappa shape index (κ2) is 9.53. The van der Waals surface area contributed by atoms with Crippen LogP contribution in [0.1, 0.15) is 16.8 Å². The van der Waals surface area contributed by atoms with Crippen LogP contribution in [0.2, 0.25) is 0 Å². The molecule has 0 spiro atoms. The number of benzene rings is 2. The van der Waals surface area contributed by atoms with Crippen LogP contribution in [-0.2, 0) is 9.59 Å². The number of nitrogens with zero attached hydrogens (tertiary/aromatic N) is 2. The summed E-state index contributed by atoms with van der Waals surface area (Å²) in [6.07, 6.45) is -0.0670. The van der Waals surface area contributed by atoms with E-state index >= 15 is 0 Å². The molecular formula is C20H16ClF2N3O5S. The second-order valence-corrected chi connectivity index (χ2v) is 8.09. The Labute approximate surface area is 190 Å². The molecule has 2 N–H and O–H groups in total. The van der Waals surface area contributed by atoms with E-state index in [1.807, 2.05) is 0 Å². The minimum Gasteiger partial charge on any atom is -0.478 e. The molecule has 2 aromatic carbocycles. The number of amides is 2. The highest BCUT2D eigenvalue weighted by Crippen LogP contribution is 2.31. The number of aromatic carboxylic acids is 1. The number of hydrogen-bond acceptors (Lipinski definition) is 6. The normalized spacial score (nSPS) is 16.9. The Balaban J connectivity index is 1.66. The van der Waals surface area contributed by atoms with Crippen molar-refractivity contribution in [2.24, 2.45) is 4.99 Å². The van der Waals surface area contributed by atoms with Gasteiger partial charge in [-0.3, -0.25) is 14.6 Å². The summed E-state index contributed by atoms with van der Waals surface area (Å²) in [5, 5.41) is 11.5. The van der Waals surface area contributed by atoms with E-state index in [4.69, 9.17) is 16.7 Å². The molecule has 0 radical (unpaired) electrons. The third-order valence-corrected chi connectivity index (χ3v) is 5.51. The number of thioether (sulfide) groups is 1. The molecule has 1 atom stereocenters. The molecular weight excluding hydrogens is 468 g/mol. The van der Waals surface area contributed by atoms with Crippen LogP contribution in [0, 0.1) is 0 Å². The summed E-state index contributed by atoms with van der Waals surface area (Å²) in [5.41, 5.74) is -3.02. The lowest BCUT2D eigenvalue weighted by molar-refractivity contribution is -0.121. The zero-order valence-electron chi connectivity index (χ0n) is 16.4. The maximum absolute atomic E-state index is 12.8. The van der Waals surface area contributed by atoms with Crippen LogP contribution in [-0.4, -0.2) is 45.9 Å². The molecule has 2 amide bonds. The third kappa shape index (κ3) is 5.74. The fourth-order valence-corrected chi connectivity index (χ4v) is 3.93. The van der Waals surface area contributed by atoms with E-state index in [0.29, 0.717) is 10.9 Å². The molecule has 168 valence electrons. The molecule has 8 nitrogen and oxygen atoms in total. The summed E-state index contributed by atoms with van der Waals surface area (Å²) >= 11 is 5.77. The number of carboxylic acids is 1. The van der Waals surface area contributed by atoms with Gasteiger partial charge < -0.3 is 15.2 Å². The van der Waals surface area contributed by atoms with Crippen LogP contribution in [0.15, 0.2) is 53.5 Å². The molecule has 1 fully saturated rings. The summed E-state index contributed by atoms with van der Waals surface area (Å²) in [5.74, 6) is -2.14. The Hall–Kier alpha value is -3.18. The Morgan fingerprint density at radius 1 is 1.22 bits per heavy atom. The number of nitrogens with one attached hydrogen (secondary N) is 1. The molecule has 0 aliphatic carbocycles. The van der Waals surface area contributed by atoms with Gasteiger partial charge in [-0.15, -0.1) is 8.78 Å². The number of anilines is 2. The number of aliphatic imine (C=N–C) groups is 1. The average molecular weight is 484 g/mol. The molecule has 12 heteroatoms. The molecule has 2 aromatic rings. The van der Waals surface area contributed by atoms with Crippen molar-refractivity contribution in [1.29, 1.82) is 0 Å². The molecule has 0 aromatic heterocycles. The molecule has 0 saturated carbocycles. The minimum absolute atomic E-state index is 0.0366. The van der Waals surface area contributed by atoms with Gasteiger partial charge in [0.05, 0.1) is 11.3 Å². The molecule has 1 saturated heterocycles. The Morgan fingerprint density at radius 2 is 1.84 bits per heavy atom. The van der Waals surface area contributed by atoms with Crippen molar-refractivity contribution in [2.75, 3.05) is 17.3 Å². The van der Waals surface area contributed by atoms with E-state index in [-0.39, 0.29) is 23.4 Å². The third-order valence-electron chi connectivity index (χ3n) is 4.27. The second-order valence-electron chi connectivity index (χ2n) is 6.46. The van der Waals surface area contributed by atoms with Crippen molar-refractivity contribution in [3.8, 4) is 5.75 Å². The molecule has 1 heterocycles. The van der Waals surface area contributed by atoms with Crippen LogP contribution in [0.25, 0.3) is 0 Å². The lowest BCUT2D eigenvalue weighted by atomic mass is 10.2. The van der Waals surface area contributed by atoms with Gasteiger partial charge in [-0.2, -0.15) is 0 Å². The zero-order chi connectivity index (χ0) is 23.5. The van der Waals surface area contributed by atoms with Crippen LogP contribution >= 0.6 is 23.4 Å². The largest absolute Gasteiger partial charge is 0.487 e. The minimum atomic E-state index is -3.82. The first-order chi connectivity index (χ1) is 15.1. The summed E-state index contributed by atoms with van der Waals surface area (Å²) in [6.45, 7) is 0. The van der Waals surface area contributed by atoms with Gasteiger partial charge >= 0.3 is 11.5 Å². The number of halogens is 3. The number of carboxylic acid groups (broad SMARTS) is 1. The van der Waals surface area contributed by atoms with Crippen molar-refractivity contribution >= 4 is 57.7 Å². The zero-order valence-corrected chi connectivity index (χ0v) is 18.0. The lowest BCUT2D eigenvalue weighted by Gasteiger charge is -2.16. The quantitative estimate of drug-likeness (QED) is 0.276. The van der Waals surface area contributed by atoms with Gasteiger partial charge in [0.25, 0.3) is 0 Å². The van der Waals surface area contributed by atoms with Gasteiger partial charge in [0, 0.05) is 30.8 Å². The van der Waals surface area contributed by atoms with Crippen LogP contribution in [0.4, 0.5) is 20.2 Å². The lowest BCUT2D eigenvalue weighted by Crippen LogP contribution is -2.31. The number of amidine groups is 1. The fourth-order valence-electron chi connectivity index (χ4n) is 2.86. The van der Waals surface area contributed by atoms with Gasteiger partial charge in [-0.05, 0) is 48.5 Å². The van der Waals surface area contributed by atoms with Gasteiger partial charge in [-0.25, -0.2) is 9.69 Å². The summed E-state index contributed by atoms with van der Waals surface area (Å²) < 4.78 is 29.6. The van der Waals surface area contributed by atoms with Gasteiger partial charge in [-0.1, -0.05) is 11.8 Å². The first-order valence-electron chi connectivity index (χ1n) is 9.04. The summed E-state index contributed by atoms with van der Waals surface area (Å²) in [6, 6.07) is 10.9. The number of carbonyl (C=O) groups excluding carboxylic acids is 2. The number of imide groups is 1. The summed E-state index contributed by atoms with van der Waals surface area (Å²) in [7, 11) is 1.49. The first kappa shape index (κ1) is 23.5. The SMILES string of the molecule is CN=C(Nc1ccc(OC(F)(F)Cl)cc1)S[C@@H]1CC(=O)N(c2ccc(C(=O)O)cc2)C1=O. The smallest absolute Gasteiger partial charge is 0.478 e. The molecule has 3 rings (SSSR count). The van der Waals surface area contributed by atoms with Gasteiger partial charge in [0.2, 0.25) is 11.8 Å². The van der Waals surface area contributed by atoms with Crippen molar-refractivity contribution in [2.45, 2.75) is 17.2 Å². The van der Waals surface area contributed by atoms with Crippen molar-refractivity contribution in [3.05, 3.63) is 54.1 Å². The molecule has 1 aliphatic heterocycles. The van der Waals surface area contributed by atoms with Crippen molar-refractivity contribution in [3.63, 3.8) is 0 Å². The highest BCUT2D eigenvalue weighted by atomic mass is 35.5. The summed E-state index contributed by atoms with van der Waals surface area (Å²) in [4.78, 5) is 41.3. The maximum Gasteiger partial charge on any atom is 0.487 e. The Morgan fingerprint density at radius 3 is 2.38 bits per heavy atom. The standard InChI is InChI=1S/C20H16ClF2N3O5S/c1-24-19(25-12-4-8-14(9-5-12)31-20(21,22)23)32-15-10-16(27)26(17(15)28)13-6-2-11(3-7-13)18(29)30/h2-9,15H,10H2,1H3,(H,24,25)(H,29,30)/t15-/m1/s1.